The van der Waals surface area contributed by atoms with Crippen molar-refractivity contribution in [3.63, 3.8) is 0 Å². The van der Waals surface area contributed by atoms with Crippen molar-refractivity contribution in [2.24, 2.45) is 11.1 Å². The normalized spacial score (nSPS) is 16.7. The number of amides is 1. The lowest BCUT2D eigenvalue weighted by Gasteiger charge is -2.28. The summed E-state index contributed by atoms with van der Waals surface area (Å²) in [5.74, 6) is -0.139. The maximum Gasteiger partial charge on any atom is 0.270 e. The van der Waals surface area contributed by atoms with Crippen LogP contribution in [0.1, 0.15) is 47.6 Å². The highest BCUT2D eigenvalue weighted by molar-refractivity contribution is 7.09. The van der Waals surface area contributed by atoms with Gasteiger partial charge in [-0.25, -0.2) is 4.98 Å². The Morgan fingerprint density at radius 2 is 2.20 bits per heavy atom. The van der Waals surface area contributed by atoms with Crippen LogP contribution in [-0.4, -0.2) is 29.1 Å². The van der Waals surface area contributed by atoms with Gasteiger partial charge < -0.3 is 16.2 Å². The first kappa shape index (κ1) is 17.4. The number of hydrogen-bond acceptors (Lipinski definition) is 5. The minimum atomic E-state index is -0.139. The molecule has 0 aromatic carbocycles. The van der Waals surface area contributed by atoms with Crippen molar-refractivity contribution in [1.82, 2.24) is 10.3 Å². The summed E-state index contributed by atoms with van der Waals surface area (Å²) < 4.78 is 0. The fraction of sp³-hybridized carbons (Fsp3) is 0.692. The predicted molar refractivity (Wildman–Crippen MR) is 82.2 cm³/mol. The lowest BCUT2D eigenvalue weighted by atomic mass is 9.83. The van der Waals surface area contributed by atoms with Crippen molar-refractivity contribution in [2.45, 2.75) is 38.6 Å². The van der Waals surface area contributed by atoms with Crippen LogP contribution in [0.4, 0.5) is 0 Å². The number of carbonyl (C=O) groups is 1. The molecule has 5 nitrogen and oxygen atoms in total. The Hall–Kier alpha value is -0.690. The summed E-state index contributed by atoms with van der Waals surface area (Å²) in [6.07, 6.45) is 5.30. The maximum absolute atomic E-state index is 12.0. The van der Waals surface area contributed by atoms with Crippen LogP contribution in [0.25, 0.3) is 0 Å². The summed E-state index contributed by atoms with van der Waals surface area (Å²) in [5.41, 5.74) is 6.01. The summed E-state index contributed by atoms with van der Waals surface area (Å²) in [5, 5.41) is 14.6. The van der Waals surface area contributed by atoms with Gasteiger partial charge in [0.2, 0.25) is 0 Å². The molecule has 0 spiro atoms. The van der Waals surface area contributed by atoms with Crippen LogP contribution in [0.2, 0.25) is 0 Å². The van der Waals surface area contributed by atoms with Crippen molar-refractivity contribution in [1.29, 1.82) is 0 Å². The molecule has 2 rings (SSSR count). The van der Waals surface area contributed by atoms with Crippen LogP contribution < -0.4 is 11.1 Å². The van der Waals surface area contributed by atoms with Gasteiger partial charge in [-0.15, -0.1) is 23.7 Å². The Balaban J connectivity index is 0.00000200. The molecule has 0 atom stereocenters. The average molecular weight is 320 g/mol. The van der Waals surface area contributed by atoms with E-state index in [1.54, 1.807) is 5.38 Å². The van der Waals surface area contributed by atoms with Crippen LogP contribution in [0.3, 0.4) is 0 Å². The largest absolute Gasteiger partial charge is 0.396 e. The van der Waals surface area contributed by atoms with Gasteiger partial charge in [0, 0.05) is 25.1 Å². The molecule has 1 aromatic rings. The molecular formula is C13H22ClN3O2S. The topological polar surface area (TPSA) is 88.2 Å². The molecule has 0 aliphatic heterocycles. The number of rotatable bonds is 6. The molecule has 1 fully saturated rings. The van der Waals surface area contributed by atoms with Gasteiger partial charge in [0.25, 0.3) is 5.91 Å². The highest BCUT2D eigenvalue weighted by atomic mass is 35.5. The molecule has 0 bridgehead atoms. The molecule has 1 heterocycles. The fourth-order valence-corrected chi connectivity index (χ4v) is 3.40. The van der Waals surface area contributed by atoms with E-state index in [9.17, 15) is 9.90 Å². The van der Waals surface area contributed by atoms with Crippen LogP contribution in [-0.2, 0) is 6.54 Å². The van der Waals surface area contributed by atoms with Crippen molar-refractivity contribution >= 4 is 29.7 Å². The lowest BCUT2D eigenvalue weighted by Crippen LogP contribution is -2.36. The van der Waals surface area contributed by atoms with Crippen molar-refractivity contribution < 1.29 is 9.90 Å². The van der Waals surface area contributed by atoms with E-state index in [2.05, 4.69) is 10.3 Å². The van der Waals surface area contributed by atoms with Crippen molar-refractivity contribution in [3.8, 4) is 0 Å². The minimum Gasteiger partial charge on any atom is -0.396 e. The van der Waals surface area contributed by atoms with E-state index in [4.69, 9.17) is 5.73 Å². The fourth-order valence-electron chi connectivity index (χ4n) is 2.74. The minimum absolute atomic E-state index is 0. The van der Waals surface area contributed by atoms with Gasteiger partial charge in [0.05, 0.1) is 0 Å². The smallest absolute Gasteiger partial charge is 0.270 e. The van der Waals surface area contributed by atoms with Crippen molar-refractivity contribution in [2.75, 3.05) is 13.2 Å². The number of aliphatic hydroxyl groups excluding tert-OH is 1. The number of halogens is 1. The predicted octanol–water partition coefficient (Wildman–Crippen LogP) is 1.70. The van der Waals surface area contributed by atoms with Crippen LogP contribution in [0.5, 0.6) is 0 Å². The second-order valence-electron chi connectivity index (χ2n) is 5.19. The maximum atomic E-state index is 12.0. The molecule has 1 saturated carbocycles. The van der Waals surface area contributed by atoms with E-state index in [1.807, 2.05) is 0 Å². The number of aromatic nitrogens is 1. The molecule has 1 aromatic heterocycles. The van der Waals surface area contributed by atoms with Gasteiger partial charge in [-0.05, 0) is 24.7 Å². The summed E-state index contributed by atoms with van der Waals surface area (Å²) in [6, 6.07) is 0. The molecule has 7 heteroatoms. The highest BCUT2D eigenvalue weighted by Crippen LogP contribution is 2.40. The summed E-state index contributed by atoms with van der Waals surface area (Å²) >= 11 is 1.41. The monoisotopic (exact) mass is 319 g/mol. The molecule has 0 unspecified atom stereocenters. The van der Waals surface area contributed by atoms with E-state index in [0.29, 0.717) is 18.8 Å². The van der Waals surface area contributed by atoms with Crippen LogP contribution in [0.15, 0.2) is 5.38 Å². The molecule has 114 valence electrons. The first-order chi connectivity index (χ1) is 9.19. The van der Waals surface area contributed by atoms with E-state index >= 15 is 0 Å². The first-order valence-corrected chi connectivity index (χ1v) is 7.61. The highest BCUT2D eigenvalue weighted by Gasteiger charge is 2.33. The van der Waals surface area contributed by atoms with Gasteiger partial charge in [0.1, 0.15) is 10.7 Å². The van der Waals surface area contributed by atoms with E-state index < -0.39 is 0 Å². The molecule has 20 heavy (non-hydrogen) atoms. The molecule has 1 aliphatic carbocycles. The number of thiazole rings is 1. The Bertz CT molecular complexity index is 433. The van der Waals surface area contributed by atoms with E-state index in [-0.39, 0.29) is 30.3 Å². The summed E-state index contributed by atoms with van der Waals surface area (Å²) in [7, 11) is 0. The molecule has 1 amide bonds. The van der Waals surface area contributed by atoms with Gasteiger partial charge in [-0.1, -0.05) is 12.8 Å². The number of carbonyl (C=O) groups excluding carboxylic acids is 1. The Morgan fingerprint density at radius 3 is 2.75 bits per heavy atom. The second-order valence-corrected chi connectivity index (χ2v) is 6.14. The third-order valence-electron chi connectivity index (χ3n) is 3.89. The van der Waals surface area contributed by atoms with Gasteiger partial charge in [-0.2, -0.15) is 0 Å². The molecule has 4 N–H and O–H groups in total. The Kier molecular flexibility index (Phi) is 6.88. The Labute approximate surface area is 129 Å². The summed E-state index contributed by atoms with van der Waals surface area (Å²) in [6.45, 7) is 1.18. The van der Waals surface area contributed by atoms with Crippen molar-refractivity contribution in [3.05, 3.63) is 16.1 Å². The van der Waals surface area contributed by atoms with E-state index in [1.165, 1.54) is 24.2 Å². The van der Waals surface area contributed by atoms with Crippen LogP contribution in [0, 0.1) is 5.41 Å². The quantitative estimate of drug-likeness (QED) is 0.744. The molecular weight excluding hydrogens is 298 g/mol. The standard InChI is InChI=1S/C13H21N3O2S.ClH/c14-7-11-16-10(8-19-11)12(18)15-9-13(5-6-17)3-1-2-4-13;/h8,17H,1-7,9,14H2,(H,15,18);1H. The van der Waals surface area contributed by atoms with Gasteiger partial charge in [-0.3, -0.25) is 4.79 Å². The number of nitrogens with zero attached hydrogens (tertiary/aromatic N) is 1. The third-order valence-corrected chi connectivity index (χ3v) is 4.76. The number of nitrogens with one attached hydrogen (secondary N) is 1. The number of nitrogens with two attached hydrogens (primary N) is 1. The van der Waals surface area contributed by atoms with E-state index in [0.717, 1.165) is 24.3 Å². The zero-order chi connectivity index (χ0) is 13.7. The molecule has 0 saturated heterocycles. The lowest BCUT2D eigenvalue weighted by molar-refractivity contribution is 0.0912. The zero-order valence-electron chi connectivity index (χ0n) is 11.4. The second kappa shape index (κ2) is 7.93. The molecule has 1 aliphatic rings. The van der Waals surface area contributed by atoms with Gasteiger partial charge >= 0.3 is 0 Å². The number of aliphatic hydroxyl groups is 1. The Morgan fingerprint density at radius 1 is 1.50 bits per heavy atom. The number of hydrogen-bond donors (Lipinski definition) is 3. The third kappa shape index (κ3) is 4.15. The summed E-state index contributed by atoms with van der Waals surface area (Å²) in [4.78, 5) is 16.2. The first-order valence-electron chi connectivity index (χ1n) is 6.73. The van der Waals surface area contributed by atoms with Crippen LogP contribution >= 0.6 is 23.7 Å². The SMILES string of the molecule is Cl.NCc1nc(C(=O)NCC2(CCO)CCCC2)cs1. The average Bonchev–Trinajstić information content (AvgIpc) is 3.06. The van der Waals surface area contributed by atoms with Gasteiger partial charge in [0.15, 0.2) is 0 Å². The zero-order valence-corrected chi connectivity index (χ0v) is 13.1. The molecule has 0 radical (unpaired) electrons.